The molecule has 0 radical (unpaired) electrons. The molecule has 0 amide bonds. The van der Waals surface area contributed by atoms with Crippen molar-refractivity contribution in [3.63, 3.8) is 0 Å². The topological polar surface area (TPSA) is 47.3 Å². The molecule has 0 bridgehead atoms. The minimum atomic E-state index is 0.287. The van der Waals surface area contributed by atoms with E-state index < -0.39 is 0 Å². The number of hydrazine groups is 1. The summed E-state index contributed by atoms with van der Waals surface area (Å²) in [7, 11) is 1.70. The van der Waals surface area contributed by atoms with E-state index in [1.54, 1.807) is 18.4 Å². The van der Waals surface area contributed by atoms with Crippen molar-refractivity contribution < 1.29 is 4.74 Å². The van der Waals surface area contributed by atoms with Crippen LogP contribution in [0.2, 0.25) is 0 Å². The minimum absolute atomic E-state index is 0.287. The molecule has 1 aromatic rings. The van der Waals surface area contributed by atoms with Gasteiger partial charge in [0.15, 0.2) is 0 Å². The van der Waals surface area contributed by atoms with E-state index in [0.29, 0.717) is 5.92 Å². The third-order valence-electron chi connectivity index (χ3n) is 2.43. The van der Waals surface area contributed by atoms with Crippen LogP contribution in [0, 0.1) is 5.92 Å². The van der Waals surface area contributed by atoms with Crippen LogP contribution >= 0.6 is 11.3 Å². The van der Waals surface area contributed by atoms with Crippen LogP contribution in [0.3, 0.4) is 0 Å². The number of nitrogens with two attached hydrogens (primary N) is 1. The van der Waals surface area contributed by atoms with Crippen LogP contribution in [0.5, 0.6) is 5.75 Å². The maximum absolute atomic E-state index is 5.53. The van der Waals surface area contributed by atoms with Gasteiger partial charge in [-0.3, -0.25) is 11.3 Å². The van der Waals surface area contributed by atoms with Crippen LogP contribution in [0.4, 0.5) is 0 Å². The zero-order chi connectivity index (χ0) is 9.26. The third kappa shape index (κ3) is 1.70. The van der Waals surface area contributed by atoms with Crippen LogP contribution in [-0.2, 0) is 0 Å². The Morgan fingerprint density at radius 3 is 3.00 bits per heavy atom. The summed E-state index contributed by atoms with van der Waals surface area (Å²) in [6.45, 7) is 0. The highest BCUT2D eigenvalue weighted by Crippen LogP contribution is 2.45. The van der Waals surface area contributed by atoms with E-state index in [9.17, 15) is 0 Å². The highest BCUT2D eigenvalue weighted by Gasteiger charge is 2.33. The van der Waals surface area contributed by atoms with E-state index in [2.05, 4.69) is 5.43 Å². The molecule has 1 fully saturated rings. The van der Waals surface area contributed by atoms with Crippen molar-refractivity contribution in [2.75, 3.05) is 7.11 Å². The first-order valence-electron chi connectivity index (χ1n) is 4.44. The molecule has 0 saturated heterocycles. The molecule has 1 unspecified atom stereocenters. The largest absolute Gasteiger partial charge is 0.496 e. The lowest BCUT2D eigenvalue weighted by Gasteiger charge is -2.14. The van der Waals surface area contributed by atoms with Gasteiger partial charge in [0, 0.05) is 0 Å². The smallest absolute Gasteiger partial charge is 0.134 e. The van der Waals surface area contributed by atoms with Gasteiger partial charge in [0.2, 0.25) is 0 Å². The molecular weight excluding hydrogens is 184 g/mol. The Kier molecular flexibility index (Phi) is 2.53. The highest BCUT2D eigenvalue weighted by molar-refractivity contribution is 7.10. The van der Waals surface area contributed by atoms with Crippen LogP contribution in [0.15, 0.2) is 11.4 Å². The summed E-state index contributed by atoms with van der Waals surface area (Å²) in [6, 6.07) is 2.28. The normalized spacial score (nSPS) is 18.6. The summed E-state index contributed by atoms with van der Waals surface area (Å²) in [5.74, 6) is 7.19. The van der Waals surface area contributed by atoms with Crippen LogP contribution < -0.4 is 16.0 Å². The van der Waals surface area contributed by atoms with Gasteiger partial charge in [0.05, 0.1) is 18.0 Å². The first-order valence-corrected chi connectivity index (χ1v) is 5.32. The van der Waals surface area contributed by atoms with Crippen molar-refractivity contribution in [2.24, 2.45) is 11.8 Å². The third-order valence-corrected chi connectivity index (χ3v) is 3.41. The van der Waals surface area contributed by atoms with Gasteiger partial charge in [-0.15, -0.1) is 11.3 Å². The molecule has 3 nitrogen and oxygen atoms in total. The first kappa shape index (κ1) is 8.99. The maximum atomic E-state index is 5.53. The summed E-state index contributed by atoms with van der Waals surface area (Å²) in [5.41, 5.74) is 2.87. The average Bonchev–Trinajstić information content (AvgIpc) is 2.86. The Morgan fingerprint density at radius 2 is 2.46 bits per heavy atom. The van der Waals surface area contributed by atoms with Gasteiger partial charge < -0.3 is 4.74 Å². The van der Waals surface area contributed by atoms with Crippen molar-refractivity contribution >= 4 is 11.3 Å². The molecule has 1 saturated carbocycles. The number of methoxy groups -OCH3 is 1. The Balaban J connectivity index is 2.20. The molecular formula is C9H14N2OS. The first-order chi connectivity index (χ1) is 6.36. The molecule has 0 spiro atoms. The lowest BCUT2D eigenvalue weighted by molar-refractivity contribution is 0.397. The Labute approximate surface area is 81.9 Å². The second kappa shape index (κ2) is 3.65. The molecule has 4 heteroatoms. The SMILES string of the molecule is COc1ccsc1C(NN)C1CC1. The van der Waals surface area contributed by atoms with Gasteiger partial charge in [-0.05, 0) is 30.2 Å². The second-order valence-electron chi connectivity index (χ2n) is 3.33. The predicted octanol–water partition coefficient (Wildman–Crippen LogP) is 1.67. The van der Waals surface area contributed by atoms with E-state index in [1.165, 1.54) is 17.7 Å². The number of nitrogens with one attached hydrogen (secondary N) is 1. The van der Waals surface area contributed by atoms with Crippen molar-refractivity contribution in [2.45, 2.75) is 18.9 Å². The Hall–Kier alpha value is -0.580. The van der Waals surface area contributed by atoms with Crippen molar-refractivity contribution in [3.05, 3.63) is 16.3 Å². The lowest BCUT2D eigenvalue weighted by atomic mass is 10.1. The number of ether oxygens (including phenoxy) is 1. The van der Waals surface area contributed by atoms with Crippen LogP contribution in [-0.4, -0.2) is 7.11 Å². The molecule has 3 N–H and O–H groups in total. The molecule has 1 heterocycles. The predicted molar refractivity (Wildman–Crippen MR) is 53.7 cm³/mol. The fraction of sp³-hybridized carbons (Fsp3) is 0.556. The quantitative estimate of drug-likeness (QED) is 0.571. The van der Waals surface area contributed by atoms with E-state index in [-0.39, 0.29) is 6.04 Å². The zero-order valence-corrected chi connectivity index (χ0v) is 8.43. The fourth-order valence-corrected chi connectivity index (χ4v) is 2.57. The van der Waals surface area contributed by atoms with Gasteiger partial charge in [-0.25, -0.2) is 0 Å². The highest BCUT2D eigenvalue weighted by atomic mass is 32.1. The number of rotatable bonds is 4. The summed E-state index contributed by atoms with van der Waals surface area (Å²) in [6.07, 6.45) is 2.55. The Morgan fingerprint density at radius 1 is 1.69 bits per heavy atom. The van der Waals surface area contributed by atoms with Gasteiger partial charge >= 0.3 is 0 Å². The van der Waals surface area contributed by atoms with Crippen molar-refractivity contribution in [3.8, 4) is 5.75 Å². The molecule has 1 atom stereocenters. The van der Waals surface area contributed by atoms with Crippen LogP contribution in [0.1, 0.15) is 23.8 Å². The maximum Gasteiger partial charge on any atom is 0.134 e. The molecule has 2 rings (SSSR count). The molecule has 72 valence electrons. The second-order valence-corrected chi connectivity index (χ2v) is 4.28. The number of thiophene rings is 1. The zero-order valence-electron chi connectivity index (χ0n) is 7.62. The van der Waals surface area contributed by atoms with Crippen LogP contribution in [0.25, 0.3) is 0 Å². The van der Waals surface area contributed by atoms with Gasteiger partial charge in [0.25, 0.3) is 0 Å². The summed E-state index contributed by atoms with van der Waals surface area (Å²) < 4.78 is 5.26. The van der Waals surface area contributed by atoms with Gasteiger partial charge in [-0.2, -0.15) is 0 Å². The lowest BCUT2D eigenvalue weighted by Crippen LogP contribution is -2.29. The number of hydrogen-bond donors (Lipinski definition) is 2. The summed E-state index contributed by atoms with van der Waals surface area (Å²) >= 11 is 1.71. The molecule has 0 aromatic carbocycles. The number of hydrogen-bond acceptors (Lipinski definition) is 4. The summed E-state index contributed by atoms with van der Waals surface area (Å²) in [5, 5.41) is 2.04. The molecule has 1 aliphatic rings. The fourth-order valence-electron chi connectivity index (χ4n) is 1.56. The minimum Gasteiger partial charge on any atom is -0.496 e. The molecule has 0 aliphatic heterocycles. The van der Waals surface area contributed by atoms with Crippen molar-refractivity contribution in [1.82, 2.24) is 5.43 Å². The van der Waals surface area contributed by atoms with Gasteiger partial charge in [0.1, 0.15) is 5.75 Å². The molecule has 1 aliphatic carbocycles. The van der Waals surface area contributed by atoms with E-state index in [4.69, 9.17) is 10.6 Å². The van der Waals surface area contributed by atoms with E-state index >= 15 is 0 Å². The Bertz CT molecular complexity index is 283. The standard InChI is InChI=1S/C9H14N2OS/c1-12-7-4-5-13-9(7)8(11-10)6-2-3-6/h4-6,8,11H,2-3,10H2,1H3. The van der Waals surface area contributed by atoms with E-state index in [1.807, 2.05) is 11.4 Å². The molecule has 1 aromatic heterocycles. The van der Waals surface area contributed by atoms with E-state index in [0.717, 1.165) is 5.75 Å². The molecule has 13 heavy (non-hydrogen) atoms. The monoisotopic (exact) mass is 198 g/mol. The summed E-state index contributed by atoms with van der Waals surface area (Å²) in [4.78, 5) is 1.23. The van der Waals surface area contributed by atoms with Crippen molar-refractivity contribution in [1.29, 1.82) is 0 Å². The average molecular weight is 198 g/mol. The van der Waals surface area contributed by atoms with Gasteiger partial charge in [-0.1, -0.05) is 0 Å².